The number of methoxy groups -OCH3 is 2. The van der Waals surface area contributed by atoms with Gasteiger partial charge in [-0.3, -0.25) is 19.6 Å². The molecule has 0 aliphatic heterocycles. The Morgan fingerprint density at radius 1 is 0.651 bits per heavy atom. The zero-order valence-electron chi connectivity index (χ0n) is 23.5. The Kier molecular flexibility index (Phi) is 7.48. The van der Waals surface area contributed by atoms with Gasteiger partial charge in [-0.2, -0.15) is 0 Å². The largest absolute Gasteiger partial charge is 0.493 e. The van der Waals surface area contributed by atoms with E-state index < -0.39 is 5.41 Å². The summed E-state index contributed by atoms with van der Waals surface area (Å²) in [4.78, 5) is 34.6. The Labute approximate surface area is 247 Å². The van der Waals surface area contributed by atoms with E-state index in [4.69, 9.17) is 18.9 Å². The van der Waals surface area contributed by atoms with Crippen LogP contribution in [0.3, 0.4) is 0 Å². The molecule has 3 aromatic carbocycles. The van der Waals surface area contributed by atoms with Gasteiger partial charge in [-0.15, -0.1) is 0 Å². The molecule has 0 saturated heterocycles. The van der Waals surface area contributed by atoms with E-state index in [1.165, 1.54) is 0 Å². The first-order chi connectivity index (χ1) is 21.0. The Morgan fingerprint density at radius 3 is 1.74 bits per heavy atom. The predicted octanol–water partition coefficient (Wildman–Crippen LogP) is 6.59. The molecule has 10 nitrogen and oxygen atoms in total. The zero-order chi connectivity index (χ0) is 29.8. The summed E-state index contributed by atoms with van der Waals surface area (Å²) >= 11 is 0. The number of benzene rings is 3. The van der Waals surface area contributed by atoms with Crippen molar-refractivity contribution in [2.75, 3.05) is 24.9 Å². The number of amides is 2. The van der Waals surface area contributed by atoms with Crippen LogP contribution in [0.5, 0.6) is 34.5 Å². The highest BCUT2D eigenvalue weighted by atomic mass is 16.5. The van der Waals surface area contributed by atoms with Crippen LogP contribution in [-0.2, 0) is 9.59 Å². The summed E-state index contributed by atoms with van der Waals surface area (Å²) in [5, 5.41) is 6.50. The lowest BCUT2D eigenvalue weighted by Gasteiger charge is -2.16. The summed E-state index contributed by atoms with van der Waals surface area (Å²) < 4.78 is 22.7. The van der Waals surface area contributed by atoms with Crippen molar-refractivity contribution < 1.29 is 28.5 Å². The smallest absolute Gasteiger partial charge is 0.240 e. The van der Waals surface area contributed by atoms with Crippen molar-refractivity contribution in [1.29, 1.82) is 0 Å². The molecule has 1 saturated carbocycles. The van der Waals surface area contributed by atoms with Gasteiger partial charge in [0.15, 0.2) is 11.5 Å². The van der Waals surface area contributed by atoms with Crippen LogP contribution in [0.2, 0.25) is 0 Å². The first-order valence-electron chi connectivity index (χ1n) is 13.6. The summed E-state index contributed by atoms with van der Waals surface area (Å²) in [5.41, 5.74) is 0.714. The van der Waals surface area contributed by atoms with Crippen LogP contribution in [0.15, 0.2) is 97.5 Å². The number of ether oxygens (including phenoxy) is 4. The fourth-order valence-corrected chi connectivity index (χ4v) is 4.60. The van der Waals surface area contributed by atoms with Crippen molar-refractivity contribution in [3.05, 3.63) is 97.5 Å². The number of hydrogen-bond donors (Lipinski definition) is 2. The van der Waals surface area contributed by atoms with Crippen LogP contribution in [0.4, 0.5) is 11.4 Å². The quantitative estimate of drug-likeness (QED) is 0.179. The van der Waals surface area contributed by atoms with Crippen LogP contribution in [0.1, 0.15) is 12.8 Å². The van der Waals surface area contributed by atoms with E-state index in [0.717, 1.165) is 5.39 Å². The van der Waals surface area contributed by atoms with E-state index in [9.17, 15) is 9.59 Å². The summed E-state index contributed by atoms with van der Waals surface area (Å²) in [5.74, 6) is 2.88. The average molecular weight is 577 g/mol. The normalized spacial score (nSPS) is 13.1. The van der Waals surface area contributed by atoms with Gasteiger partial charge in [-0.05, 0) is 85.6 Å². The maximum atomic E-state index is 13.2. The first-order valence-corrected chi connectivity index (χ1v) is 13.6. The molecule has 5 aromatic rings. The topological polar surface area (TPSA) is 121 Å². The summed E-state index contributed by atoms with van der Waals surface area (Å²) in [6, 6.07) is 22.8. The van der Waals surface area contributed by atoms with E-state index in [1.807, 2.05) is 6.07 Å². The second-order valence-corrected chi connectivity index (χ2v) is 9.96. The molecule has 10 heteroatoms. The number of carbonyl (C=O) groups excluding carboxylic acids is 2. The maximum absolute atomic E-state index is 13.2. The number of hydrogen-bond acceptors (Lipinski definition) is 8. The number of pyridine rings is 2. The van der Waals surface area contributed by atoms with E-state index in [0.29, 0.717) is 64.2 Å². The Balaban J connectivity index is 1.08. The third kappa shape index (κ3) is 5.89. The maximum Gasteiger partial charge on any atom is 0.240 e. The molecule has 0 radical (unpaired) electrons. The zero-order valence-corrected chi connectivity index (χ0v) is 23.5. The van der Waals surface area contributed by atoms with Crippen LogP contribution in [0, 0.1) is 5.41 Å². The van der Waals surface area contributed by atoms with Gasteiger partial charge in [0.05, 0.1) is 19.7 Å². The van der Waals surface area contributed by atoms with Crippen molar-refractivity contribution in [3.8, 4) is 34.5 Å². The predicted molar refractivity (Wildman–Crippen MR) is 161 cm³/mol. The average Bonchev–Trinajstić information content (AvgIpc) is 3.86. The SMILES string of the molecule is COc1cc2nccc(Oc3ccc(NC(=O)C4(C(=O)Nc5ccc(Oc6ccncc6)cc5)CC4)cc3)c2cc1OC. The lowest BCUT2D eigenvalue weighted by molar-refractivity contribution is -0.131. The van der Waals surface area contributed by atoms with Crippen LogP contribution in [0.25, 0.3) is 10.9 Å². The van der Waals surface area contributed by atoms with Crippen molar-refractivity contribution in [3.63, 3.8) is 0 Å². The Morgan fingerprint density at radius 2 is 1.19 bits per heavy atom. The second kappa shape index (κ2) is 11.7. The van der Waals surface area contributed by atoms with E-state index in [2.05, 4.69) is 20.6 Å². The van der Waals surface area contributed by atoms with Gasteiger partial charge in [-0.1, -0.05) is 0 Å². The molecule has 1 aliphatic rings. The highest BCUT2D eigenvalue weighted by molar-refractivity contribution is 6.16. The molecule has 0 spiro atoms. The molecule has 2 N–H and O–H groups in total. The molecule has 2 amide bonds. The van der Waals surface area contributed by atoms with Gasteiger partial charge < -0.3 is 29.6 Å². The summed E-state index contributed by atoms with van der Waals surface area (Å²) in [6.45, 7) is 0. The fourth-order valence-electron chi connectivity index (χ4n) is 4.60. The molecule has 0 unspecified atom stereocenters. The third-order valence-electron chi connectivity index (χ3n) is 7.16. The number of fused-ring (bicyclic) bond motifs is 1. The van der Waals surface area contributed by atoms with Gasteiger partial charge >= 0.3 is 0 Å². The fraction of sp³-hybridized carbons (Fsp3) is 0.152. The molecule has 0 bridgehead atoms. The number of anilines is 2. The number of carbonyl (C=O) groups is 2. The number of rotatable bonds is 10. The van der Waals surface area contributed by atoms with Gasteiger partial charge in [0.2, 0.25) is 11.8 Å². The molecule has 1 aliphatic carbocycles. The lowest BCUT2D eigenvalue weighted by Crippen LogP contribution is -2.35. The van der Waals surface area contributed by atoms with Crippen molar-refractivity contribution in [1.82, 2.24) is 9.97 Å². The molecule has 6 rings (SSSR count). The molecule has 2 aromatic heterocycles. The minimum absolute atomic E-state index is 0.343. The van der Waals surface area contributed by atoms with Gasteiger partial charge in [-0.25, -0.2) is 0 Å². The van der Waals surface area contributed by atoms with Gasteiger partial charge in [0.1, 0.15) is 28.4 Å². The van der Waals surface area contributed by atoms with Crippen LogP contribution < -0.4 is 29.6 Å². The third-order valence-corrected chi connectivity index (χ3v) is 7.16. The first kappa shape index (κ1) is 27.5. The van der Waals surface area contributed by atoms with Crippen LogP contribution in [-0.4, -0.2) is 36.0 Å². The standard InChI is InChI=1S/C33H28N4O6/c1-40-29-19-26-27(20-30(29)41-2)35-18-13-28(26)43-24-9-5-22(6-10-24)37-32(39)33(14-15-33)31(38)36-21-3-7-23(8-4-21)42-25-11-16-34-17-12-25/h3-13,16-20H,14-15H2,1-2H3,(H,36,38)(H,37,39). The van der Waals surface area contributed by atoms with Gasteiger partial charge in [0, 0.05) is 41.4 Å². The molecule has 1 fully saturated rings. The minimum atomic E-state index is -1.11. The Bertz CT molecular complexity index is 1770. The van der Waals surface area contributed by atoms with Gasteiger partial charge in [0.25, 0.3) is 0 Å². The molecule has 216 valence electrons. The highest BCUT2D eigenvalue weighted by Gasteiger charge is 2.56. The lowest BCUT2D eigenvalue weighted by atomic mass is 10.0. The molecule has 2 heterocycles. The van der Waals surface area contributed by atoms with Crippen molar-refractivity contribution >= 4 is 34.1 Å². The molecule has 0 atom stereocenters. The summed E-state index contributed by atoms with van der Waals surface area (Å²) in [7, 11) is 3.14. The van der Waals surface area contributed by atoms with E-state index >= 15 is 0 Å². The van der Waals surface area contributed by atoms with Crippen molar-refractivity contribution in [2.45, 2.75) is 12.8 Å². The number of nitrogens with zero attached hydrogens (tertiary/aromatic N) is 2. The minimum Gasteiger partial charge on any atom is -0.493 e. The molecular weight excluding hydrogens is 548 g/mol. The number of nitrogens with one attached hydrogen (secondary N) is 2. The van der Waals surface area contributed by atoms with Crippen LogP contribution >= 0.6 is 0 Å². The molecular formula is C33H28N4O6. The van der Waals surface area contributed by atoms with E-state index in [1.54, 1.807) is 106 Å². The monoisotopic (exact) mass is 576 g/mol. The second-order valence-electron chi connectivity index (χ2n) is 9.96. The number of aromatic nitrogens is 2. The van der Waals surface area contributed by atoms with E-state index in [-0.39, 0.29) is 11.8 Å². The Hall–Kier alpha value is -5.64. The van der Waals surface area contributed by atoms with Crippen molar-refractivity contribution in [2.24, 2.45) is 5.41 Å². The summed E-state index contributed by atoms with van der Waals surface area (Å²) in [6.07, 6.45) is 5.89. The molecule has 43 heavy (non-hydrogen) atoms. The highest BCUT2D eigenvalue weighted by Crippen LogP contribution is 2.47.